The van der Waals surface area contributed by atoms with E-state index in [9.17, 15) is 9.90 Å². The summed E-state index contributed by atoms with van der Waals surface area (Å²) in [6.45, 7) is 19.0. The van der Waals surface area contributed by atoms with E-state index in [4.69, 9.17) is 4.74 Å². The maximum atomic E-state index is 12.0. The number of nitrogens with one attached hydrogen (secondary N) is 1. The van der Waals surface area contributed by atoms with Crippen molar-refractivity contribution in [3.63, 3.8) is 0 Å². The molecular weight excluding hydrogens is 494 g/mol. The van der Waals surface area contributed by atoms with Crippen molar-refractivity contribution in [2.45, 2.75) is 143 Å². The van der Waals surface area contributed by atoms with Gasteiger partial charge in [-0.1, -0.05) is 76.8 Å². The number of amides is 1. The topological polar surface area (TPSA) is 58.6 Å². The molecule has 4 nitrogen and oxygen atoms in total. The van der Waals surface area contributed by atoms with Crippen molar-refractivity contribution < 1.29 is 14.6 Å². The van der Waals surface area contributed by atoms with Crippen LogP contribution >= 0.6 is 0 Å². The minimum atomic E-state index is -0.548. The van der Waals surface area contributed by atoms with Crippen LogP contribution in [0.15, 0.2) is 35.5 Å². The highest BCUT2D eigenvalue weighted by Crippen LogP contribution is 2.60. The molecule has 3 aliphatic rings. The van der Waals surface area contributed by atoms with Gasteiger partial charge in [0.05, 0.1) is 11.7 Å². The average Bonchev–Trinajstić information content (AvgIpc) is 3.25. The summed E-state index contributed by atoms with van der Waals surface area (Å²) < 4.78 is 6.25. The Bertz CT molecular complexity index is 896. The van der Waals surface area contributed by atoms with Crippen molar-refractivity contribution >= 4 is 5.91 Å². The normalized spacial score (nSPS) is 30.9. The maximum absolute atomic E-state index is 12.0. The monoisotopic (exact) mass is 555 g/mol. The number of hydrogen-bond donors (Lipinski definition) is 2. The van der Waals surface area contributed by atoms with Gasteiger partial charge in [-0.15, -0.1) is 0 Å². The number of carbonyl (C=O) groups excluding carboxylic acids is 1. The van der Waals surface area contributed by atoms with Gasteiger partial charge >= 0.3 is 0 Å². The van der Waals surface area contributed by atoms with E-state index < -0.39 is 5.60 Å². The first-order chi connectivity index (χ1) is 18.9. The third-order valence-electron chi connectivity index (χ3n) is 10.6. The molecule has 1 unspecified atom stereocenters. The number of ether oxygens (including phenoxy) is 1. The quantitative estimate of drug-likeness (QED) is 0.211. The van der Waals surface area contributed by atoms with Gasteiger partial charge in [-0.2, -0.15) is 0 Å². The lowest BCUT2D eigenvalue weighted by molar-refractivity contribution is -0.121. The third kappa shape index (κ3) is 9.58. The summed E-state index contributed by atoms with van der Waals surface area (Å²) in [5, 5.41) is 13.2. The van der Waals surface area contributed by atoms with E-state index in [2.05, 4.69) is 51.7 Å². The molecule has 6 atom stereocenters. The molecular formula is C36H61NO3. The molecule has 228 valence electrons. The number of fused-ring (bicyclic) bond motifs is 1. The molecule has 3 aliphatic carbocycles. The van der Waals surface area contributed by atoms with Crippen LogP contribution in [0.1, 0.15) is 131 Å². The van der Waals surface area contributed by atoms with Crippen LogP contribution in [0, 0.1) is 29.1 Å². The molecule has 3 rings (SSSR count). The maximum Gasteiger partial charge on any atom is 0.220 e. The fraction of sp³-hybridized carbons (Fsp3) is 0.806. The van der Waals surface area contributed by atoms with Crippen LogP contribution in [-0.4, -0.2) is 35.9 Å². The molecule has 0 aromatic carbocycles. The zero-order chi connectivity index (χ0) is 29.3. The highest BCUT2D eigenvalue weighted by molar-refractivity contribution is 5.76. The first-order valence-electron chi connectivity index (χ1n) is 16.6. The predicted octanol–water partition coefficient (Wildman–Crippen LogP) is 8.70. The van der Waals surface area contributed by atoms with Crippen molar-refractivity contribution in [1.82, 2.24) is 5.32 Å². The van der Waals surface area contributed by atoms with Crippen molar-refractivity contribution in [2.24, 2.45) is 29.1 Å². The summed E-state index contributed by atoms with van der Waals surface area (Å²) in [6.07, 6.45) is 20.4. The van der Waals surface area contributed by atoms with E-state index in [0.717, 1.165) is 56.8 Å². The van der Waals surface area contributed by atoms with Gasteiger partial charge in [-0.3, -0.25) is 4.79 Å². The lowest BCUT2D eigenvalue weighted by Gasteiger charge is -2.44. The van der Waals surface area contributed by atoms with Crippen LogP contribution in [0.3, 0.4) is 0 Å². The second-order valence-corrected chi connectivity index (χ2v) is 14.5. The molecule has 0 radical (unpaired) electrons. The first-order valence-corrected chi connectivity index (χ1v) is 16.6. The Morgan fingerprint density at radius 3 is 2.70 bits per heavy atom. The largest absolute Gasteiger partial charge is 0.390 e. The number of rotatable bonds is 14. The Morgan fingerprint density at radius 1 is 1.20 bits per heavy atom. The summed E-state index contributed by atoms with van der Waals surface area (Å²) in [5.74, 6) is 2.83. The van der Waals surface area contributed by atoms with Gasteiger partial charge in [0.15, 0.2) is 0 Å². The molecule has 0 aromatic heterocycles. The van der Waals surface area contributed by atoms with Crippen molar-refractivity contribution in [3.8, 4) is 0 Å². The Hall–Kier alpha value is -1.39. The SMILES string of the molecule is C=C1CC[C@H](OCCCNC(=O)CC(C)CC)C/C1=C/C=C1\CCC[C@]2(C)[C@@H]([C@H](C)CCCC(C)(C)O)CC[C@@H]12. The van der Waals surface area contributed by atoms with E-state index >= 15 is 0 Å². The number of hydrogen-bond acceptors (Lipinski definition) is 3. The second kappa shape index (κ2) is 15.2. The lowest BCUT2D eigenvalue weighted by atomic mass is 9.60. The van der Waals surface area contributed by atoms with Gasteiger partial charge in [0.1, 0.15) is 0 Å². The fourth-order valence-corrected chi connectivity index (χ4v) is 7.88. The number of allylic oxidation sites excluding steroid dienone is 4. The van der Waals surface area contributed by atoms with Gasteiger partial charge in [-0.25, -0.2) is 0 Å². The number of aliphatic hydroxyl groups is 1. The summed E-state index contributed by atoms with van der Waals surface area (Å²) in [5.41, 5.74) is 4.17. The summed E-state index contributed by atoms with van der Waals surface area (Å²) in [4.78, 5) is 12.0. The smallest absolute Gasteiger partial charge is 0.220 e. The zero-order valence-electron chi connectivity index (χ0n) is 26.8. The van der Waals surface area contributed by atoms with Crippen LogP contribution < -0.4 is 5.32 Å². The average molecular weight is 556 g/mol. The van der Waals surface area contributed by atoms with Gasteiger partial charge < -0.3 is 15.2 Å². The molecule has 0 aromatic rings. The molecule has 4 heteroatoms. The molecule has 0 saturated heterocycles. The number of carbonyl (C=O) groups is 1. The fourth-order valence-electron chi connectivity index (χ4n) is 7.88. The van der Waals surface area contributed by atoms with E-state index in [1.807, 2.05) is 13.8 Å². The summed E-state index contributed by atoms with van der Waals surface area (Å²) in [6, 6.07) is 0. The predicted molar refractivity (Wildman–Crippen MR) is 168 cm³/mol. The summed E-state index contributed by atoms with van der Waals surface area (Å²) in [7, 11) is 0. The molecule has 3 saturated carbocycles. The van der Waals surface area contributed by atoms with Crippen LogP contribution in [0.2, 0.25) is 0 Å². The van der Waals surface area contributed by atoms with Gasteiger partial charge in [0.2, 0.25) is 5.91 Å². The highest BCUT2D eigenvalue weighted by atomic mass is 16.5. The third-order valence-corrected chi connectivity index (χ3v) is 10.6. The molecule has 2 N–H and O–H groups in total. The Balaban J connectivity index is 1.51. The first kappa shape index (κ1) is 33.1. The van der Waals surface area contributed by atoms with E-state index in [1.165, 1.54) is 49.7 Å². The molecule has 3 fully saturated rings. The van der Waals surface area contributed by atoms with Crippen LogP contribution in [0.4, 0.5) is 0 Å². The van der Waals surface area contributed by atoms with Gasteiger partial charge in [-0.05, 0) is 113 Å². The van der Waals surface area contributed by atoms with Crippen molar-refractivity contribution in [1.29, 1.82) is 0 Å². The molecule has 0 spiro atoms. The molecule has 0 bridgehead atoms. The standard InChI is InChI=1S/C36H61NO3/c1-8-26(2)24-34(38)37-22-11-23-40-31-17-14-27(3)30(25-31)16-15-29-13-10-21-36(7)32(18-19-33(29)36)28(4)12-9-20-35(5,6)39/h15-16,26,28,31-33,39H,3,8-14,17-25H2,1-2,4-7H3,(H,37,38)/b29-15+,30-16-/t26?,28-,31+,32-,33+,36-/m1/s1. The molecule has 1 amide bonds. The lowest BCUT2D eigenvalue weighted by Crippen LogP contribution is -2.36. The van der Waals surface area contributed by atoms with Crippen molar-refractivity contribution in [2.75, 3.05) is 13.2 Å². The van der Waals surface area contributed by atoms with Gasteiger partial charge in [0.25, 0.3) is 0 Å². The minimum Gasteiger partial charge on any atom is -0.390 e. The molecule has 40 heavy (non-hydrogen) atoms. The van der Waals surface area contributed by atoms with Gasteiger partial charge in [0, 0.05) is 19.6 Å². The Labute approximate surface area is 246 Å². The van der Waals surface area contributed by atoms with Crippen LogP contribution in [0.25, 0.3) is 0 Å². The molecule has 0 heterocycles. The van der Waals surface area contributed by atoms with E-state index in [-0.39, 0.29) is 12.0 Å². The Morgan fingerprint density at radius 2 is 1.98 bits per heavy atom. The molecule has 0 aliphatic heterocycles. The zero-order valence-corrected chi connectivity index (χ0v) is 26.8. The van der Waals surface area contributed by atoms with Crippen LogP contribution in [-0.2, 0) is 9.53 Å². The van der Waals surface area contributed by atoms with E-state index in [0.29, 0.717) is 36.8 Å². The highest BCUT2D eigenvalue weighted by Gasteiger charge is 2.50. The Kier molecular flexibility index (Phi) is 12.6. The van der Waals surface area contributed by atoms with Crippen LogP contribution in [0.5, 0.6) is 0 Å². The van der Waals surface area contributed by atoms with E-state index in [1.54, 1.807) is 5.57 Å². The van der Waals surface area contributed by atoms with Crippen molar-refractivity contribution in [3.05, 3.63) is 35.5 Å². The second-order valence-electron chi connectivity index (χ2n) is 14.5. The summed E-state index contributed by atoms with van der Waals surface area (Å²) >= 11 is 0. The minimum absolute atomic E-state index is 0.161.